The Morgan fingerprint density at radius 2 is 2.17 bits per heavy atom. The summed E-state index contributed by atoms with van der Waals surface area (Å²) in [6, 6.07) is 5.85. The fourth-order valence-electron chi connectivity index (χ4n) is 2.58. The lowest BCUT2D eigenvalue weighted by Crippen LogP contribution is -2.38. The molecule has 1 aromatic heterocycles. The number of carbonyl (C=O) groups excluding carboxylic acids is 1. The molecule has 0 bridgehead atoms. The van der Waals surface area contributed by atoms with E-state index in [2.05, 4.69) is 15.6 Å². The summed E-state index contributed by atoms with van der Waals surface area (Å²) in [6.07, 6.45) is 2.59. The molecule has 1 fully saturated rings. The average molecular weight is 315 g/mol. The van der Waals surface area contributed by atoms with Gasteiger partial charge in [-0.3, -0.25) is 4.79 Å². The van der Waals surface area contributed by atoms with Crippen LogP contribution in [-0.4, -0.2) is 30.7 Å². The molecule has 23 heavy (non-hydrogen) atoms. The van der Waals surface area contributed by atoms with Crippen molar-refractivity contribution in [1.82, 2.24) is 15.6 Å². The molecule has 122 valence electrons. The molecule has 6 nitrogen and oxygen atoms in total. The highest BCUT2D eigenvalue weighted by molar-refractivity contribution is 5.87. The Morgan fingerprint density at radius 3 is 2.87 bits per heavy atom. The Kier molecular flexibility index (Phi) is 4.23. The van der Waals surface area contributed by atoms with E-state index >= 15 is 0 Å². The average Bonchev–Trinajstić information content (AvgIpc) is 3.32. The number of carbonyl (C=O) groups is 1. The Bertz CT molecular complexity index is 794. The zero-order chi connectivity index (χ0) is 16.4. The third kappa shape index (κ3) is 3.47. The van der Waals surface area contributed by atoms with Gasteiger partial charge in [0.15, 0.2) is 0 Å². The molecule has 3 rings (SSSR count). The highest BCUT2D eigenvalue weighted by Gasteiger charge is 2.22. The van der Waals surface area contributed by atoms with Gasteiger partial charge in [-0.1, -0.05) is 6.07 Å². The Hall–Kier alpha value is -2.50. The molecule has 0 aliphatic heterocycles. The van der Waals surface area contributed by atoms with Gasteiger partial charge in [-0.05, 0) is 43.9 Å². The minimum absolute atomic E-state index is 0.147. The van der Waals surface area contributed by atoms with Gasteiger partial charge in [-0.15, -0.1) is 0 Å². The summed E-state index contributed by atoms with van der Waals surface area (Å²) in [5.74, 6) is 0.649. The topological polar surface area (TPSA) is 83.2 Å². The van der Waals surface area contributed by atoms with Gasteiger partial charge in [0.05, 0.1) is 12.6 Å². The molecule has 2 amide bonds. The number of benzene rings is 1. The predicted octanol–water partition coefficient (Wildman–Crippen LogP) is 1.85. The lowest BCUT2D eigenvalue weighted by atomic mass is 10.1. The second-order valence-electron chi connectivity index (χ2n) is 5.92. The van der Waals surface area contributed by atoms with Crippen LogP contribution in [0.3, 0.4) is 0 Å². The number of nitrogens with one attached hydrogen (secondary N) is 3. The number of H-pyrrole nitrogens is 1. The number of aromatic nitrogens is 1. The summed E-state index contributed by atoms with van der Waals surface area (Å²) in [5.41, 5.74) is 2.28. The molecule has 3 N–H and O–H groups in total. The molecule has 1 saturated carbocycles. The fraction of sp³-hybridized carbons (Fsp3) is 0.412. The molecule has 0 radical (unpaired) electrons. The SMILES string of the molecule is COc1ccc(C)c2cc(CCNC(=O)NC3CC3)c(=O)[nH]c12. The standard InChI is InChI=1S/C17H21N3O3/c1-10-3-6-14(23-2)15-13(10)9-11(16(21)20-15)7-8-18-17(22)19-12-4-5-12/h3,6,9,12H,4-5,7-8H2,1-2H3,(H,20,21)(H2,18,19,22). The van der Waals surface area contributed by atoms with Crippen LogP contribution in [0, 0.1) is 6.92 Å². The van der Waals surface area contributed by atoms with Crippen molar-refractivity contribution in [3.05, 3.63) is 39.7 Å². The van der Waals surface area contributed by atoms with E-state index in [9.17, 15) is 9.59 Å². The zero-order valence-corrected chi connectivity index (χ0v) is 13.4. The third-order valence-electron chi connectivity index (χ3n) is 4.09. The summed E-state index contributed by atoms with van der Waals surface area (Å²) >= 11 is 0. The molecule has 0 saturated heterocycles. The van der Waals surface area contributed by atoms with Crippen LogP contribution in [0.1, 0.15) is 24.0 Å². The molecule has 1 aliphatic carbocycles. The summed E-state index contributed by atoms with van der Waals surface area (Å²) in [6.45, 7) is 2.42. The lowest BCUT2D eigenvalue weighted by Gasteiger charge is -2.10. The van der Waals surface area contributed by atoms with Crippen LogP contribution in [0.4, 0.5) is 4.79 Å². The molecule has 0 spiro atoms. The Morgan fingerprint density at radius 1 is 1.39 bits per heavy atom. The zero-order valence-electron chi connectivity index (χ0n) is 13.4. The number of hydrogen-bond donors (Lipinski definition) is 3. The van der Waals surface area contributed by atoms with E-state index in [1.165, 1.54) is 0 Å². The van der Waals surface area contributed by atoms with Crippen LogP contribution < -0.4 is 20.9 Å². The van der Waals surface area contributed by atoms with Crippen LogP contribution in [-0.2, 0) is 6.42 Å². The second kappa shape index (κ2) is 6.32. The van der Waals surface area contributed by atoms with Crippen molar-refractivity contribution in [2.45, 2.75) is 32.2 Å². The molecular weight excluding hydrogens is 294 g/mol. The van der Waals surface area contributed by atoms with Gasteiger partial charge >= 0.3 is 6.03 Å². The summed E-state index contributed by atoms with van der Waals surface area (Å²) in [5, 5.41) is 6.60. The van der Waals surface area contributed by atoms with Crippen LogP contribution in [0.25, 0.3) is 10.9 Å². The molecule has 0 atom stereocenters. The number of ether oxygens (including phenoxy) is 1. The maximum absolute atomic E-state index is 12.2. The van der Waals surface area contributed by atoms with Crippen LogP contribution in [0.15, 0.2) is 23.0 Å². The van der Waals surface area contributed by atoms with Gasteiger partial charge in [-0.2, -0.15) is 0 Å². The van der Waals surface area contributed by atoms with Gasteiger partial charge in [0.1, 0.15) is 5.75 Å². The minimum Gasteiger partial charge on any atom is -0.495 e. The molecule has 1 aromatic carbocycles. The summed E-state index contributed by atoms with van der Waals surface area (Å²) in [7, 11) is 1.58. The van der Waals surface area contributed by atoms with E-state index in [-0.39, 0.29) is 11.6 Å². The van der Waals surface area contributed by atoms with E-state index in [0.717, 1.165) is 23.8 Å². The number of aryl methyl sites for hydroxylation is 1. The van der Waals surface area contributed by atoms with E-state index in [4.69, 9.17) is 4.74 Å². The van der Waals surface area contributed by atoms with Crippen molar-refractivity contribution >= 4 is 16.9 Å². The number of rotatable bonds is 5. The van der Waals surface area contributed by atoms with Gasteiger partial charge in [0.2, 0.25) is 0 Å². The molecule has 1 aliphatic rings. The molecule has 2 aromatic rings. The quantitative estimate of drug-likeness (QED) is 0.787. The van der Waals surface area contributed by atoms with E-state index in [1.54, 1.807) is 7.11 Å². The van der Waals surface area contributed by atoms with E-state index in [1.807, 2.05) is 25.1 Å². The minimum atomic E-state index is -0.164. The maximum Gasteiger partial charge on any atom is 0.315 e. The number of urea groups is 1. The smallest absolute Gasteiger partial charge is 0.315 e. The number of hydrogen-bond acceptors (Lipinski definition) is 3. The Balaban J connectivity index is 1.75. The fourth-order valence-corrected chi connectivity index (χ4v) is 2.58. The van der Waals surface area contributed by atoms with Crippen molar-refractivity contribution in [2.24, 2.45) is 0 Å². The van der Waals surface area contributed by atoms with Crippen LogP contribution in [0.2, 0.25) is 0 Å². The van der Waals surface area contributed by atoms with Gasteiger partial charge in [0.25, 0.3) is 5.56 Å². The van der Waals surface area contributed by atoms with Crippen LogP contribution >= 0.6 is 0 Å². The first-order chi connectivity index (χ1) is 11.1. The van der Waals surface area contributed by atoms with Crippen LogP contribution in [0.5, 0.6) is 5.75 Å². The van der Waals surface area contributed by atoms with E-state index < -0.39 is 0 Å². The molecule has 1 heterocycles. The second-order valence-corrected chi connectivity index (χ2v) is 5.92. The van der Waals surface area contributed by atoms with Crippen molar-refractivity contribution in [1.29, 1.82) is 0 Å². The number of pyridine rings is 1. The first-order valence-corrected chi connectivity index (χ1v) is 7.82. The van der Waals surface area contributed by atoms with Gasteiger partial charge in [0, 0.05) is 23.5 Å². The summed E-state index contributed by atoms with van der Waals surface area (Å²) < 4.78 is 5.30. The third-order valence-corrected chi connectivity index (χ3v) is 4.09. The van der Waals surface area contributed by atoms with Crippen molar-refractivity contribution in [3.8, 4) is 5.75 Å². The maximum atomic E-state index is 12.2. The number of methoxy groups -OCH3 is 1. The summed E-state index contributed by atoms with van der Waals surface area (Å²) in [4.78, 5) is 26.7. The normalized spacial score (nSPS) is 13.8. The largest absolute Gasteiger partial charge is 0.495 e. The predicted molar refractivity (Wildman–Crippen MR) is 89.1 cm³/mol. The highest BCUT2D eigenvalue weighted by atomic mass is 16.5. The number of aromatic amines is 1. The van der Waals surface area contributed by atoms with Gasteiger partial charge in [-0.25, -0.2) is 4.79 Å². The molecule has 0 unspecified atom stereocenters. The lowest BCUT2D eigenvalue weighted by molar-refractivity contribution is 0.240. The van der Waals surface area contributed by atoms with Gasteiger partial charge < -0.3 is 20.4 Å². The molecule has 6 heteroatoms. The molecular formula is C17H21N3O3. The monoisotopic (exact) mass is 315 g/mol. The Labute approximate surface area is 134 Å². The van der Waals surface area contributed by atoms with Crippen molar-refractivity contribution in [2.75, 3.05) is 13.7 Å². The van der Waals surface area contributed by atoms with Crippen molar-refractivity contribution < 1.29 is 9.53 Å². The number of fused-ring (bicyclic) bond motifs is 1. The van der Waals surface area contributed by atoms with E-state index in [0.29, 0.717) is 35.8 Å². The van der Waals surface area contributed by atoms with Crippen molar-refractivity contribution in [3.63, 3.8) is 0 Å². The highest BCUT2D eigenvalue weighted by Crippen LogP contribution is 2.25. The number of amides is 2. The first-order valence-electron chi connectivity index (χ1n) is 7.82. The first kappa shape index (κ1) is 15.4.